The van der Waals surface area contributed by atoms with Crippen LogP contribution in [0.4, 0.5) is 0 Å². The Morgan fingerprint density at radius 3 is 2.62 bits per heavy atom. The van der Waals surface area contributed by atoms with Gasteiger partial charge in [0.25, 0.3) is 0 Å². The molecule has 1 N–H and O–H groups in total. The van der Waals surface area contributed by atoms with Crippen LogP contribution in [0.2, 0.25) is 5.15 Å². The predicted molar refractivity (Wildman–Crippen MR) is 66.9 cm³/mol. The zero-order valence-electron chi connectivity index (χ0n) is 9.58. The first-order valence-electron chi connectivity index (χ1n) is 5.25. The highest BCUT2D eigenvalue weighted by Gasteiger charge is 2.11. The van der Waals surface area contributed by atoms with Crippen LogP contribution in [0, 0.1) is 13.8 Å². The lowest BCUT2D eigenvalue weighted by Gasteiger charge is -2.10. The topological polar surface area (TPSA) is 33.1 Å². The summed E-state index contributed by atoms with van der Waals surface area (Å²) in [6.07, 6.45) is -0.592. The highest BCUT2D eigenvalue weighted by Crippen LogP contribution is 2.28. The largest absolute Gasteiger partial charge is 0.389 e. The average Bonchev–Trinajstić information content (AvgIpc) is 2.23. The van der Waals surface area contributed by atoms with Gasteiger partial charge in [0.2, 0.25) is 0 Å². The number of hydrogen-bond donors (Lipinski definition) is 1. The summed E-state index contributed by atoms with van der Waals surface area (Å²) >= 11 is 6.05. The van der Waals surface area contributed by atoms with Crippen LogP contribution in [-0.2, 0) is 0 Å². The number of aryl methyl sites for hydroxylation is 2. The maximum Gasteiger partial charge on any atom is 0.135 e. The molecular formula is C13H14ClNO. The Kier molecular flexibility index (Phi) is 2.87. The van der Waals surface area contributed by atoms with Crippen molar-refractivity contribution < 1.29 is 5.11 Å². The minimum absolute atomic E-state index is 0.385. The number of aromatic nitrogens is 1. The van der Waals surface area contributed by atoms with Crippen molar-refractivity contribution in [3.05, 3.63) is 40.0 Å². The van der Waals surface area contributed by atoms with Gasteiger partial charge >= 0.3 is 0 Å². The van der Waals surface area contributed by atoms with Gasteiger partial charge in [-0.15, -0.1) is 0 Å². The van der Waals surface area contributed by atoms with Crippen molar-refractivity contribution in [2.75, 3.05) is 0 Å². The summed E-state index contributed by atoms with van der Waals surface area (Å²) in [5, 5.41) is 11.0. The van der Waals surface area contributed by atoms with Crippen LogP contribution in [0.5, 0.6) is 0 Å². The summed E-state index contributed by atoms with van der Waals surface area (Å²) in [5.74, 6) is 0. The highest BCUT2D eigenvalue weighted by atomic mass is 35.5. The van der Waals surface area contributed by atoms with Crippen molar-refractivity contribution in [3.8, 4) is 0 Å². The van der Waals surface area contributed by atoms with Crippen molar-refractivity contribution in [1.29, 1.82) is 0 Å². The molecule has 1 heterocycles. The van der Waals surface area contributed by atoms with Crippen LogP contribution in [0.15, 0.2) is 18.2 Å². The molecule has 1 aromatic carbocycles. The summed E-state index contributed by atoms with van der Waals surface area (Å²) in [6, 6.07) is 5.97. The van der Waals surface area contributed by atoms with Crippen LogP contribution < -0.4 is 0 Å². The molecule has 1 aromatic heterocycles. The van der Waals surface area contributed by atoms with Gasteiger partial charge in [-0.3, -0.25) is 0 Å². The number of aliphatic hydroxyl groups excluding tert-OH is 1. The average molecular weight is 236 g/mol. The third-order valence-corrected chi connectivity index (χ3v) is 3.25. The van der Waals surface area contributed by atoms with Gasteiger partial charge in [-0.1, -0.05) is 23.7 Å². The van der Waals surface area contributed by atoms with E-state index >= 15 is 0 Å². The third kappa shape index (κ3) is 1.79. The van der Waals surface area contributed by atoms with Gasteiger partial charge in [0, 0.05) is 10.9 Å². The fourth-order valence-corrected chi connectivity index (χ4v) is 2.07. The van der Waals surface area contributed by atoms with Gasteiger partial charge in [0.15, 0.2) is 0 Å². The normalized spacial score (nSPS) is 13.1. The molecule has 0 bridgehead atoms. The molecule has 0 saturated heterocycles. The molecule has 0 aliphatic carbocycles. The van der Waals surface area contributed by atoms with Crippen LogP contribution in [0.3, 0.4) is 0 Å². The Morgan fingerprint density at radius 1 is 1.31 bits per heavy atom. The third-order valence-electron chi connectivity index (χ3n) is 2.94. The van der Waals surface area contributed by atoms with Crippen molar-refractivity contribution in [3.63, 3.8) is 0 Å². The minimum Gasteiger partial charge on any atom is -0.389 e. The molecule has 0 fully saturated rings. The van der Waals surface area contributed by atoms with Gasteiger partial charge in [-0.25, -0.2) is 4.98 Å². The lowest BCUT2D eigenvalue weighted by atomic mass is 10.0. The Morgan fingerprint density at radius 2 is 2.00 bits per heavy atom. The summed E-state index contributed by atoms with van der Waals surface area (Å²) < 4.78 is 0. The zero-order valence-corrected chi connectivity index (χ0v) is 10.3. The van der Waals surface area contributed by atoms with E-state index in [-0.39, 0.29) is 0 Å². The molecule has 16 heavy (non-hydrogen) atoms. The van der Waals surface area contributed by atoms with E-state index in [4.69, 9.17) is 11.6 Å². The van der Waals surface area contributed by atoms with E-state index in [1.54, 1.807) is 6.92 Å². The van der Waals surface area contributed by atoms with Crippen LogP contribution in [-0.4, -0.2) is 10.1 Å². The second kappa shape index (κ2) is 4.04. The first kappa shape index (κ1) is 11.4. The van der Waals surface area contributed by atoms with Gasteiger partial charge < -0.3 is 5.11 Å². The molecule has 0 unspecified atom stereocenters. The van der Waals surface area contributed by atoms with Gasteiger partial charge in [-0.2, -0.15) is 0 Å². The number of pyridine rings is 1. The molecule has 0 spiro atoms. The number of halogens is 1. The molecule has 0 saturated carbocycles. The van der Waals surface area contributed by atoms with Gasteiger partial charge in [0.1, 0.15) is 5.15 Å². The van der Waals surface area contributed by atoms with E-state index in [9.17, 15) is 5.11 Å². The number of fused-ring (bicyclic) bond motifs is 1. The summed E-state index contributed by atoms with van der Waals surface area (Å²) in [5.41, 5.74) is 3.92. The lowest BCUT2D eigenvalue weighted by Crippen LogP contribution is -1.96. The van der Waals surface area contributed by atoms with E-state index in [1.165, 1.54) is 5.56 Å². The van der Waals surface area contributed by atoms with E-state index in [1.807, 2.05) is 26.0 Å². The highest BCUT2D eigenvalue weighted by molar-refractivity contribution is 6.30. The molecule has 0 aliphatic heterocycles. The van der Waals surface area contributed by atoms with Crippen molar-refractivity contribution >= 4 is 22.5 Å². The number of aliphatic hydroxyl groups is 1. The van der Waals surface area contributed by atoms with Crippen LogP contribution in [0.1, 0.15) is 29.7 Å². The summed E-state index contributed by atoms with van der Waals surface area (Å²) in [7, 11) is 0. The van der Waals surface area contributed by atoms with Crippen LogP contribution in [0.25, 0.3) is 10.9 Å². The molecule has 2 aromatic rings. The molecule has 0 radical (unpaired) electrons. The Bertz CT molecular complexity index is 549. The smallest absolute Gasteiger partial charge is 0.135 e. The first-order chi connectivity index (χ1) is 7.50. The van der Waals surface area contributed by atoms with E-state index in [0.717, 1.165) is 16.5 Å². The molecule has 84 valence electrons. The Hall–Kier alpha value is -1.12. The predicted octanol–water partition coefficient (Wildman–Crippen LogP) is 3.56. The maximum atomic E-state index is 9.56. The molecule has 2 nitrogen and oxygen atoms in total. The molecular weight excluding hydrogens is 222 g/mol. The molecule has 2 rings (SSSR count). The molecule has 0 aliphatic rings. The molecule has 3 heteroatoms. The number of benzene rings is 1. The number of hydrogen-bond acceptors (Lipinski definition) is 2. The summed E-state index contributed by atoms with van der Waals surface area (Å²) in [4.78, 5) is 4.36. The zero-order chi connectivity index (χ0) is 11.9. The fourth-order valence-electron chi connectivity index (χ4n) is 1.77. The first-order valence-corrected chi connectivity index (χ1v) is 5.63. The van der Waals surface area contributed by atoms with E-state index in [2.05, 4.69) is 11.1 Å². The number of rotatable bonds is 1. The standard InChI is InChI=1S/C13H14ClNO/c1-7-4-5-10-6-11(9(3)16)13(14)15-12(10)8(7)2/h4-6,9,16H,1-3H3/t9-/m0/s1. The number of nitrogens with zero attached hydrogens (tertiary/aromatic N) is 1. The Labute approximate surface area is 99.9 Å². The van der Waals surface area contributed by atoms with Gasteiger partial charge in [0.05, 0.1) is 11.6 Å². The van der Waals surface area contributed by atoms with Crippen LogP contribution >= 0.6 is 11.6 Å². The van der Waals surface area contributed by atoms with Crippen molar-refractivity contribution in [1.82, 2.24) is 4.98 Å². The van der Waals surface area contributed by atoms with Crippen molar-refractivity contribution in [2.24, 2.45) is 0 Å². The molecule has 1 atom stereocenters. The van der Waals surface area contributed by atoms with Crippen molar-refractivity contribution in [2.45, 2.75) is 26.9 Å². The Balaban J connectivity index is 2.79. The SMILES string of the molecule is Cc1ccc2cc([C@H](C)O)c(Cl)nc2c1C. The molecule has 0 amide bonds. The maximum absolute atomic E-state index is 9.56. The second-order valence-corrected chi connectivity index (χ2v) is 4.48. The monoisotopic (exact) mass is 235 g/mol. The summed E-state index contributed by atoms with van der Waals surface area (Å²) in [6.45, 7) is 5.77. The van der Waals surface area contributed by atoms with Gasteiger partial charge in [-0.05, 0) is 38.0 Å². The minimum atomic E-state index is -0.592. The quantitative estimate of drug-likeness (QED) is 0.767. The fraction of sp³-hybridized carbons (Fsp3) is 0.308. The van der Waals surface area contributed by atoms with E-state index in [0.29, 0.717) is 10.7 Å². The second-order valence-electron chi connectivity index (χ2n) is 4.12. The van der Waals surface area contributed by atoms with E-state index < -0.39 is 6.10 Å². The lowest BCUT2D eigenvalue weighted by molar-refractivity contribution is 0.199.